The zero-order valence-corrected chi connectivity index (χ0v) is 12.6. The van der Waals surface area contributed by atoms with E-state index in [9.17, 15) is 4.39 Å². The lowest BCUT2D eigenvalue weighted by molar-refractivity contribution is 0.111. The number of halogens is 1. The summed E-state index contributed by atoms with van der Waals surface area (Å²) in [6.07, 6.45) is 2.04. The van der Waals surface area contributed by atoms with Crippen LogP contribution in [-0.2, 0) is 0 Å². The molecule has 0 spiro atoms. The summed E-state index contributed by atoms with van der Waals surface area (Å²) in [4.78, 5) is 2.32. The number of nitrogens with two attached hydrogens (primary N) is 1. The number of likely N-dealkylation sites (tertiary alicyclic amines) is 1. The third-order valence-electron chi connectivity index (χ3n) is 4.55. The normalized spacial score (nSPS) is 25.4. The Hall–Kier alpha value is -1.13. The van der Waals surface area contributed by atoms with Crippen LogP contribution in [0.2, 0.25) is 0 Å². The summed E-state index contributed by atoms with van der Waals surface area (Å²) in [6.45, 7) is 6.06. The summed E-state index contributed by atoms with van der Waals surface area (Å²) in [5.41, 5.74) is 6.80. The maximum atomic E-state index is 14.2. The zero-order chi connectivity index (χ0) is 14.7. The monoisotopic (exact) mass is 280 g/mol. The molecule has 1 saturated heterocycles. The summed E-state index contributed by atoms with van der Waals surface area (Å²) in [6, 6.07) is 5.29. The van der Waals surface area contributed by atoms with E-state index in [4.69, 9.17) is 10.5 Å². The van der Waals surface area contributed by atoms with E-state index in [1.807, 2.05) is 13.0 Å². The van der Waals surface area contributed by atoms with E-state index in [1.165, 1.54) is 6.07 Å². The molecule has 3 atom stereocenters. The van der Waals surface area contributed by atoms with Crippen LogP contribution in [0.15, 0.2) is 18.2 Å². The highest BCUT2D eigenvalue weighted by molar-refractivity contribution is 5.37. The van der Waals surface area contributed by atoms with Crippen LogP contribution in [0, 0.1) is 11.7 Å². The summed E-state index contributed by atoms with van der Waals surface area (Å²) in [5.74, 6) is 0.921. The molecule has 0 bridgehead atoms. The number of methoxy groups -OCH3 is 1. The Morgan fingerprint density at radius 1 is 1.50 bits per heavy atom. The molecule has 1 aliphatic rings. The molecule has 0 saturated carbocycles. The van der Waals surface area contributed by atoms with E-state index in [0.717, 1.165) is 25.9 Å². The van der Waals surface area contributed by atoms with Gasteiger partial charge in [0, 0.05) is 30.7 Å². The first kappa shape index (κ1) is 15.3. The largest absolute Gasteiger partial charge is 0.496 e. The van der Waals surface area contributed by atoms with Crippen molar-refractivity contribution in [3.05, 3.63) is 29.6 Å². The fourth-order valence-corrected chi connectivity index (χ4v) is 3.15. The molecule has 2 N–H and O–H groups in total. The molecule has 3 unspecified atom stereocenters. The van der Waals surface area contributed by atoms with Gasteiger partial charge >= 0.3 is 0 Å². The molecule has 112 valence electrons. The number of rotatable bonds is 4. The third-order valence-corrected chi connectivity index (χ3v) is 4.55. The Morgan fingerprint density at radius 3 is 2.90 bits per heavy atom. The average molecular weight is 280 g/mol. The van der Waals surface area contributed by atoms with E-state index in [0.29, 0.717) is 17.2 Å². The molecule has 0 radical (unpaired) electrons. The lowest BCUT2D eigenvalue weighted by Crippen LogP contribution is -2.47. The third kappa shape index (κ3) is 2.96. The first-order chi connectivity index (χ1) is 9.58. The number of nitrogens with zero attached hydrogens (tertiary/aromatic N) is 1. The minimum Gasteiger partial charge on any atom is -0.496 e. The first-order valence-corrected chi connectivity index (χ1v) is 7.40. The Morgan fingerprint density at radius 2 is 2.25 bits per heavy atom. The second-order valence-electron chi connectivity index (χ2n) is 5.65. The van der Waals surface area contributed by atoms with Gasteiger partial charge in [-0.25, -0.2) is 4.39 Å². The van der Waals surface area contributed by atoms with Gasteiger partial charge in [-0.2, -0.15) is 0 Å². The van der Waals surface area contributed by atoms with Crippen molar-refractivity contribution in [1.29, 1.82) is 0 Å². The van der Waals surface area contributed by atoms with E-state index < -0.39 is 0 Å². The van der Waals surface area contributed by atoms with Gasteiger partial charge in [-0.1, -0.05) is 19.4 Å². The Kier molecular flexibility index (Phi) is 5.00. The van der Waals surface area contributed by atoms with E-state index in [-0.39, 0.29) is 17.9 Å². The van der Waals surface area contributed by atoms with Gasteiger partial charge in [-0.3, -0.25) is 4.90 Å². The fraction of sp³-hybridized carbons (Fsp3) is 0.625. The van der Waals surface area contributed by atoms with Gasteiger partial charge in [-0.15, -0.1) is 0 Å². The minimum atomic E-state index is -0.195. The Balaban J connectivity index is 2.21. The molecule has 20 heavy (non-hydrogen) atoms. The minimum absolute atomic E-state index is 0.00713. The maximum Gasteiger partial charge on any atom is 0.131 e. The highest BCUT2D eigenvalue weighted by Crippen LogP contribution is 2.34. The molecule has 0 aliphatic carbocycles. The molecule has 3 nitrogen and oxygen atoms in total. The lowest BCUT2D eigenvalue weighted by Gasteiger charge is -2.40. The van der Waals surface area contributed by atoms with Crippen LogP contribution in [0.3, 0.4) is 0 Å². The van der Waals surface area contributed by atoms with Crippen LogP contribution >= 0.6 is 0 Å². The van der Waals surface area contributed by atoms with Crippen LogP contribution in [0.5, 0.6) is 5.75 Å². The molecule has 0 aromatic heterocycles. The van der Waals surface area contributed by atoms with Gasteiger partial charge in [0.25, 0.3) is 0 Å². The van der Waals surface area contributed by atoms with Crippen molar-refractivity contribution in [2.75, 3.05) is 20.2 Å². The standard InChI is InChI=1S/C16H25FN2O/c1-4-12-10-19(9-8-14(12)18)11(2)16-13(17)6-5-7-15(16)20-3/h5-7,11-12,14H,4,8-10,18H2,1-3H3. The molecular formula is C16H25FN2O. The molecule has 1 aromatic carbocycles. The molecular weight excluding hydrogens is 255 g/mol. The Labute approximate surface area is 120 Å². The van der Waals surface area contributed by atoms with Crippen molar-refractivity contribution in [3.63, 3.8) is 0 Å². The van der Waals surface area contributed by atoms with Crippen LogP contribution in [-0.4, -0.2) is 31.1 Å². The molecule has 4 heteroatoms. The van der Waals surface area contributed by atoms with Crippen LogP contribution in [0.4, 0.5) is 4.39 Å². The maximum absolute atomic E-state index is 14.2. The average Bonchev–Trinajstić information content (AvgIpc) is 2.46. The van der Waals surface area contributed by atoms with E-state index in [2.05, 4.69) is 11.8 Å². The topological polar surface area (TPSA) is 38.5 Å². The lowest BCUT2D eigenvalue weighted by atomic mass is 9.89. The number of piperidine rings is 1. The van der Waals surface area contributed by atoms with Gasteiger partial charge in [0.2, 0.25) is 0 Å². The van der Waals surface area contributed by atoms with Crippen LogP contribution in [0.1, 0.15) is 38.3 Å². The van der Waals surface area contributed by atoms with Crippen LogP contribution in [0.25, 0.3) is 0 Å². The molecule has 0 amide bonds. The Bertz CT molecular complexity index is 452. The van der Waals surface area contributed by atoms with Gasteiger partial charge in [-0.05, 0) is 31.4 Å². The van der Waals surface area contributed by atoms with Gasteiger partial charge in [0.15, 0.2) is 0 Å². The molecule has 1 aliphatic heterocycles. The molecule has 2 rings (SSSR count). The van der Waals surface area contributed by atoms with Crippen molar-refractivity contribution in [2.45, 2.75) is 38.8 Å². The number of benzene rings is 1. The summed E-state index contributed by atoms with van der Waals surface area (Å²) in [7, 11) is 1.59. The van der Waals surface area contributed by atoms with Gasteiger partial charge in [0.1, 0.15) is 11.6 Å². The second kappa shape index (κ2) is 6.55. The van der Waals surface area contributed by atoms with Crippen molar-refractivity contribution in [3.8, 4) is 5.75 Å². The molecule has 1 aromatic rings. The van der Waals surface area contributed by atoms with Crippen molar-refractivity contribution in [1.82, 2.24) is 4.90 Å². The van der Waals surface area contributed by atoms with Gasteiger partial charge < -0.3 is 10.5 Å². The number of hydrogen-bond donors (Lipinski definition) is 1. The highest BCUT2D eigenvalue weighted by atomic mass is 19.1. The summed E-state index contributed by atoms with van der Waals surface area (Å²) >= 11 is 0. The molecule has 1 fully saturated rings. The quantitative estimate of drug-likeness (QED) is 0.921. The van der Waals surface area contributed by atoms with Crippen LogP contribution < -0.4 is 10.5 Å². The van der Waals surface area contributed by atoms with Crippen molar-refractivity contribution < 1.29 is 9.13 Å². The number of ether oxygens (including phenoxy) is 1. The number of hydrogen-bond acceptors (Lipinski definition) is 3. The summed E-state index contributed by atoms with van der Waals surface area (Å²) in [5, 5.41) is 0. The smallest absolute Gasteiger partial charge is 0.131 e. The summed E-state index contributed by atoms with van der Waals surface area (Å²) < 4.78 is 19.5. The predicted octanol–water partition coefficient (Wildman–Crippen LogP) is 2.95. The predicted molar refractivity (Wildman–Crippen MR) is 79.3 cm³/mol. The first-order valence-electron chi connectivity index (χ1n) is 7.40. The zero-order valence-electron chi connectivity index (χ0n) is 12.6. The SMILES string of the molecule is CCC1CN(C(C)c2c(F)cccc2OC)CCC1N. The van der Waals surface area contributed by atoms with E-state index >= 15 is 0 Å². The highest BCUT2D eigenvalue weighted by Gasteiger charge is 2.30. The van der Waals surface area contributed by atoms with E-state index in [1.54, 1.807) is 13.2 Å². The van der Waals surface area contributed by atoms with Gasteiger partial charge in [0.05, 0.1) is 7.11 Å². The fourth-order valence-electron chi connectivity index (χ4n) is 3.15. The second-order valence-corrected chi connectivity index (χ2v) is 5.65. The van der Waals surface area contributed by atoms with Crippen molar-refractivity contribution in [2.24, 2.45) is 11.7 Å². The van der Waals surface area contributed by atoms with Crippen molar-refractivity contribution >= 4 is 0 Å². The molecule has 1 heterocycles.